The Morgan fingerprint density at radius 2 is 1.01 bits per heavy atom. The number of amides is 1. The van der Waals surface area contributed by atoms with Crippen molar-refractivity contribution >= 4 is 5.91 Å². The predicted octanol–water partition coefficient (Wildman–Crippen LogP) is -10.3. The Hall–Kier alpha value is -1.65. The highest BCUT2D eigenvalue weighted by Gasteiger charge is 2.61. The monoisotopic (exact) mass is 1010 g/mol. The Morgan fingerprint density at radius 1 is 0.493 bits per heavy atom. The Kier molecular flexibility index (Phi) is 17.4. The molecule has 14 N–H and O–H groups in total. The molecule has 8 fully saturated rings. The van der Waals surface area contributed by atoms with Crippen LogP contribution in [0.5, 0.6) is 0 Å². The standard InChI is InChI=1S/C39H63NO29/c1-9-25-30(63-25)24(53)37(57-9)67-31-19(48)17(46)11(4-41)60-38(31)66-29-16(40-10(2)45)35(59-12(5-42)18(29)47)68-32-28-15(8-56-69-28)62-39(33(32)55-3)65-27-14(7-44)61-36(23(52)21(27)50)64-26-13(6-43)58-34(54)22(51)20(26)49/h9,11-39,41-44,46-54H,4-8H2,1-3H3,(H,40,45)/t9?,11?,12?,13?,14?,15?,16-,17-,18-,19?,20?,21?,22-,23-,24-,25+,26+,27-,28-,29?,30?,31-,32?,33?,34+,35-,36-,37-,38-,39+/m0/s1. The topological polar surface area (TPSA) is 434 Å². The highest BCUT2D eigenvalue weighted by Crippen LogP contribution is 2.41. The van der Waals surface area contributed by atoms with Gasteiger partial charge in [-0.2, -0.15) is 0 Å². The second-order valence-corrected chi connectivity index (χ2v) is 17.9. The summed E-state index contributed by atoms with van der Waals surface area (Å²) in [6.45, 7) is -0.905. The fraction of sp³-hybridized carbons (Fsp3) is 0.974. The molecule has 0 spiro atoms. The summed E-state index contributed by atoms with van der Waals surface area (Å²) in [5.74, 6) is -0.726. The van der Waals surface area contributed by atoms with E-state index in [-0.39, 0.29) is 6.61 Å². The number of ether oxygens (including phenoxy) is 13. The van der Waals surface area contributed by atoms with Crippen LogP contribution in [0.3, 0.4) is 0 Å². The summed E-state index contributed by atoms with van der Waals surface area (Å²) in [4.78, 5) is 23.7. The van der Waals surface area contributed by atoms with E-state index in [1.165, 1.54) is 7.11 Å². The van der Waals surface area contributed by atoms with Crippen LogP contribution in [0.15, 0.2) is 0 Å². The lowest BCUT2D eigenvalue weighted by Gasteiger charge is -2.50. The average Bonchev–Trinajstić information content (AvgIpc) is 4.02. The van der Waals surface area contributed by atoms with Gasteiger partial charge in [0, 0.05) is 14.0 Å². The van der Waals surface area contributed by atoms with Crippen molar-refractivity contribution in [3.05, 3.63) is 0 Å². The number of epoxide rings is 1. The first-order valence-corrected chi connectivity index (χ1v) is 22.4. The molecule has 0 aromatic heterocycles. The molecule has 0 aliphatic carbocycles. The smallest absolute Gasteiger partial charge is 0.217 e. The van der Waals surface area contributed by atoms with E-state index in [2.05, 4.69) is 5.32 Å². The predicted molar refractivity (Wildman–Crippen MR) is 209 cm³/mol. The number of aliphatic hydroxyl groups excluding tert-OH is 13. The van der Waals surface area contributed by atoms with E-state index in [0.717, 1.165) is 6.92 Å². The van der Waals surface area contributed by atoms with Crippen LogP contribution in [0.1, 0.15) is 13.8 Å². The molecule has 8 rings (SSSR count). The molecule has 0 aromatic rings. The zero-order chi connectivity index (χ0) is 49.7. The van der Waals surface area contributed by atoms with Crippen molar-refractivity contribution < 1.29 is 143 Å². The summed E-state index contributed by atoms with van der Waals surface area (Å²) in [5.41, 5.74) is 0. The Labute approximate surface area is 391 Å². The van der Waals surface area contributed by atoms with Gasteiger partial charge in [0.05, 0.1) is 32.5 Å². The van der Waals surface area contributed by atoms with Crippen LogP contribution < -0.4 is 5.32 Å². The number of fused-ring (bicyclic) bond motifs is 2. The van der Waals surface area contributed by atoms with Crippen molar-refractivity contribution in [2.24, 2.45) is 0 Å². The van der Waals surface area contributed by atoms with Crippen LogP contribution >= 0.6 is 0 Å². The van der Waals surface area contributed by atoms with E-state index in [0.29, 0.717) is 0 Å². The van der Waals surface area contributed by atoms with Crippen molar-refractivity contribution in [3.8, 4) is 0 Å². The maximum atomic E-state index is 12.9. The van der Waals surface area contributed by atoms with Crippen LogP contribution in [0.2, 0.25) is 0 Å². The van der Waals surface area contributed by atoms with Crippen molar-refractivity contribution in [1.82, 2.24) is 5.32 Å². The molecule has 8 saturated heterocycles. The molecule has 30 heteroatoms. The molecule has 13 unspecified atom stereocenters. The molecule has 8 aliphatic heterocycles. The number of hydrogen-bond donors (Lipinski definition) is 14. The van der Waals surface area contributed by atoms with Crippen molar-refractivity contribution in [1.29, 1.82) is 0 Å². The van der Waals surface area contributed by atoms with E-state index in [4.69, 9.17) is 71.4 Å². The number of aliphatic hydroxyl groups is 13. The quantitative estimate of drug-likeness (QED) is 0.0504. The number of rotatable bonds is 16. The Morgan fingerprint density at radius 3 is 1.67 bits per heavy atom. The SMILES string of the molecule is COC1C(O[C@@H]2OC(CO)[C@H](O)C(O[C@@H]3OC(CO)[C@H](O)C(O)[C@@H]3O[C@@H]3OC(C)[C@H]4OC4[C@@H]3O)[C@@H]2NC(C)=O)[C@H]2OOCC2O[C@@H]1O[C@H]1C(CO)O[C@@H](O[C@@H]2C(CO)O[C@@H](O)[C@@H](O)C2O)[C@@H](O)C1O. The zero-order valence-corrected chi connectivity index (χ0v) is 37.2. The first-order chi connectivity index (χ1) is 32.9. The van der Waals surface area contributed by atoms with Gasteiger partial charge in [-0.05, 0) is 6.92 Å². The lowest BCUT2D eigenvalue weighted by molar-refractivity contribution is -0.394. The first kappa shape index (κ1) is 53.6. The maximum absolute atomic E-state index is 12.9. The number of nitrogens with one attached hydrogen (secondary N) is 1. The van der Waals surface area contributed by atoms with Crippen LogP contribution in [-0.2, 0) is 76.1 Å². The van der Waals surface area contributed by atoms with Crippen molar-refractivity contribution in [2.45, 2.75) is 198 Å². The third-order valence-corrected chi connectivity index (χ3v) is 13.4. The van der Waals surface area contributed by atoms with Gasteiger partial charge in [-0.25, -0.2) is 9.78 Å². The largest absolute Gasteiger partial charge is 0.394 e. The summed E-state index contributed by atoms with van der Waals surface area (Å²) in [7, 11) is 1.20. The van der Waals surface area contributed by atoms with Gasteiger partial charge in [-0.1, -0.05) is 0 Å². The molecule has 69 heavy (non-hydrogen) atoms. The fourth-order valence-corrected chi connectivity index (χ4v) is 9.64. The molecule has 8 aliphatic rings. The molecule has 0 aromatic carbocycles. The molecular formula is C39H63NO29. The van der Waals surface area contributed by atoms with Crippen LogP contribution in [0, 0.1) is 0 Å². The van der Waals surface area contributed by atoms with Crippen molar-refractivity contribution in [3.63, 3.8) is 0 Å². The maximum Gasteiger partial charge on any atom is 0.217 e. The third-order valence-electron chi connectivity index (χ3n) is 13.4. The summed E-state index contributed by atoms with van der Waals surface area (Å²) >= 11 is 0. The van der Waals surface area contributed by atoms with E-state index < -0.39 is 217 Å². The minimum Gasteiger partial charge on any atom is -0.394 e. The van der Waals surface area contributed by atoms with Crippen LogP contribution in [0.4, 0.5) is 0 Å². The third kappa shape index (κ3) is 10.7. The van der Waals surface area contributed by atoms with Crippen LogP contribution in [0.25, 0.3) is 0 Å². The Bertz CT molecular complexity index is 1670. The van der Waals surface area contributed by atoms with Gasteiger partial charge in [-0.3, -0.25) is 4.79 Å². The molecule has 8 heterocycles. The van der Waals surface area contributed by atoms with Gasteiger partial charge in [0.2, 0.25) is 5.91 Å². The molecule has 0 bridgehead atoms. The van der Waals surface area contributed by atoms with E-state index in [1.807, 2.05) is 0 Å². The number of methoxy groups -OCH3 is 1. The highest BCUT2D eigenvalue weighted by molar-refractivity contribution is 5.73. The van der Waals surface area contributed by atoms with Crippen molar-refractivity contribution in [2.75, 3.05) is 40.1 Å². The lowest BCUT2D eigenvalue weighted by Crippen LogP contribution is -2.70. The van der Waals surface area contributed by atoms with Crippen LogP contribution in [-0.4, -0.2) is 297 Å². The zero-order valence-electron chi connectivity index (χ0n) is 37.2. The fourth-order valence-electron chi connectivity index (χ4n) is 9.64. The number of hydrogen-bond acceptors (Lipinski definition) is 29. The summed E-state index contributed by atoms with van der Waals surface area (Å²) < 4.78 is 76.4. The molecule has 1 amide bonds. The van der Waals surface area contributed by atoms with Gasteiger partial charge < -0.3 is 133 Å². The van der Waals surface area contributed by atoms with Gasteiger partial charge in [0.1, 0.15) is 141 Å². The molecular weight excluding hydrogens is 946 g/mol. The highest BCUT2D eigenvalue weighted by atomic mass is 17.2. The van der Waals surface area contributed by atoms with Gasteiger partial charge in [0.15, 0.2) is 43.8 Å². The molecule has 398 valence electrons. The first-order valence-electron chi connectivity index (χ1n) is 22.4. The minimum absolute atomic E-state index is 0.248. The van der Waals surface area contributed by atoms with Gasteiger partial charge in [0.25, 0.3) is 0 Å². The molecule has 30 atom stereocenters. The molecule has 30 nitrogen and oxygen atoms in total. The summed E-state index contributed by atoms with van der Waals surface area (Å²) in [6.07, 6.45) is -44.4. The van der Waals surface area contributed by atoms with E-state index in [9.17, 15) is 71.2 Å². The normalized spacial score (nSPS) is 53.3. The lowest BCUT2D eigenvalue weighted by atomic mass is 9.94. The average molecular weight is 1010 g/mol. The number of carbonyl (C=O) groups is 1. The van der Waals surface area contributed by atoms with Gasteiger partial charge in [-0.15, -0.1) is 0 Å². The second-order valence-electron chi connectivity index (χ2n) is 17.9. The van der Waals surface area contributed by atoms with Gasteiger partial charge >= 0.3 is 0 Å². The summed E-state index contributed by atoms with van der Waals surface area (Å²) in [6, 6.07) is -1.57. The Balaban J connectivity index is 1.02. The molecule has 0 saturated carbocycles. The number of carbonyl (C=O) groups excluding carboxylic acids is 1. The van der Waals surface area contributed by atoms with E-state index in [1.54, 1.807) is 6.92 Å². The minimum atomic E-state index is -2.01. The summed E-state index contributed by atoms with van der Waals surface area (Å²) in [5, 5.41) is 141. The second kappa shape index (κ2) is 22.4. The van der Waals surface area contributed by atoms with E-state index >= 15 is 0 Å². The molecule has 0 radical (unpaired) electrons.